The highest BCUT2D eigenvalue weighted by atomic mass is 79.9. The molecule has 0 spiro atoms. The minimum absolute atomic E-state index is 0.100. The fourth-order valence-corrected chi connectivity index (χ4v) is 2.58. The Bertz CT molecular complexity index is 680. The molecule has 0 aliphatic carbocycles. The molecule has 0 atom stereocenters. The largest absolute Gasteiger partial charge is 0.477 e. The first kappa shape index (κ1) is 15.1. The number of alkyl halides is 3. The number of carbonyl (C=O) groups is 1. The van der Waals surface area contributed by atoms with Crippen molar-refractivity contribution in [3.63, 3.8) is 0 Å². The number of hydrogen-bond donors (Lipinski definition) is 1. The van der Waals surface area contributed by atoms with Crippen LogP contribution in [0.2, 0.25) is 0 Å². The molecule has 2 rings (SSSR count). The van der Waals surface area contributed by atoms with E-state index in [0.717, 1.165) is 6.07 Å². The highest BCUT2D eigenvalue weighted by molar-refractivity contribution is 9.10. The molecule has 20 heavy (non-hydrogen) atoms. The number of aromatic carboxylic acids is 1. The number of benzene rings is 1. The summed E-state index contributed by atoms with van der Waals surface area (Å²) in [6.45, 7) is 0. The number of carboxylic acid groups (broad SMARTS) is 1. The van der Waals surface area contributed by atoms with Crippen LogP contribution < -0.4 is 0 Å². The summed E-state index contributed by atoms with van der Waals surface area (Å²) in [6, 6.07) is 4.84. The Morgan fingerprint density at radius 3 is 2.40 bits per heavy atom. The third-order valence-corrected chi connectivity index (χ3v) is 3.66. The summed E-state index contributed by atoms with van der Waals surface area (Å²) >= 11 is 5.94. The quantitative estimate of drug-likeness (QED) is 0.775. The zero-order chi connectivity index (χ0) is 15.1. The minimum Gasteiger partial charge on any atom is -0.477 e. The van der Waals surface area contributed by atoms with E-state index in [1.54, 1.807) is 0 Å². The van der Waals surface area contributed by atoms with Gasteiger partial charge in [0.25, 0.3) is 0 Å². The summed E-state index contributed by atoms with van der Waals surface area (Å²) in [6.07, 6.45) is -3.13. The van der Waals surface area contributed by atoms with Crippen molar-refractivity contribution < 1.29 is 23.1 Å². The van der Waals surface area contributed by atoms with Gasteiger partial charge in [-0.15, -0.1) is 0 Å². The molecule has 3 nitrogen and oxygen atoms in total. The molecule has 2 aromatic rings. The summed E-state index contributed by atoms with van der Waals surface area (Å²) in [7, 11) is 0. The second-order valence-corrected chi connectivity index (χ2v) is 5.65. The van der Waals surface area contributed by atoms with Gasteiger partial charge in [0.15, 0.2) is 0 Å². The Kier molecular flexibility index (Phi) is 3.97. The maximum atomic E-state index is 12.8. The molecule has 1 aromatic carbocycles. The van der Waals surface area contributed by atoms with Gasteiger partial charge in [-0.3, -0.25) is 0 Å². The lowest BCUT2D eigenvalue weighted by Crippen LogP contribution is -2.09. The van der Waals surface area contributed by atoms with Crippen molar-refractivity contribution >= 4 is 37.8 Å². The maximum absolute atomic E-state index is 12.8. The third kappa shape index (κ3) is 2.90. The molecule has 106 valence electrons. The smallest absolute Gasteiger partial charge is 0.417 e. The van der Waals surface area contributed by atoms with E-state index in [4.69, 9.17) is 5.11 Å². The number of rotatable bonds is 2. The van der Waals surface area contributed by atoms with Gasteiger partial charge in [-0.2, -0.15) is 13.2 Å². The van der Waals surface area contributed by atoms with E-state index in [0.29, 0.717) is 4.47 Å². The van der Waals surface area contributed by atoms with Crippen LogP contribution in [0.15, 0.2) is 39.4 Å². The molecule has 0 saturated carbocycles. The molecular formula is C12H6Br2F3NO2. The van der Waals surface area contributed by atoms with Crippen molar-refractivity contribution in [1.29, 1.82) is 0 Å². The predicted molar refractivity (Wildman–Crippen MR) is 73.1 cm³/mol. The van der Waals surface area contributed by atoms with E-state index in [2.05, 4.69) is 31.9 Å². The Balaban J connectivity index is 2.63. The molecule has 0 unspecified atom stereocenters. The molecule has 0 amide bonds. The van der Waals surface area contributed by atoms with Gasteiger partial charge < -0.3 is 9.67 Å². The number of carboxylic acids is 1. The Morgan fingerprint density at radius 1 is 1.20 bits per heavy atom. The van der Waals surface area contributed by atoms with Crippen LogP contribution in [0.25, 0.3) is 5.69 Å². The van der Waals surface area contributed by atoms with E-state index >= 15 is 0 Å². The first-order valence-electron chi connectivity index (χ1n) is 5.18. The molecule has 0 fully saturated rings. The second-order valence-electron chi connectivity index (χ2n) is 3.88. The molecular weight excluding hydrogens is 407 g/mol. The van der Waals surface area contributed by atoms with Crippen LogP contribution in [0.5, 0.6) is 0 Å². The van der Waals surface area contributed by atoms with Crippen molar-refractivity contribution in [2.75, 3.05) is 0 Å². The molecule has 1 heterocycles. The third-order valence-electron chi connectivity index (χ3n) is 2.54. The summed E-state index contributed by atoms with van der Waals surface area (Å²) in [5.41, 5.74) is -0.882. The fraction of sp³-hybridized carbons (Fsp3) is 0.0833. The van der Waals surface area contributed by atoms with Crippen molar-refractivity contribution in [3.05, 3.63) is 50.7 Å². The molecule has 0 saturated heterocycles. The van der Waals surface area contributed by atoms with Gasteiger partial charge in [0, 0.05) is 20.8 Å². The Labute approximate surface area is 128 Å². The summed E-state index contributed by atoms with van der Waals surface area (Å²) in [4.78, 5) is 11.1. The minimum atomic E-state index is -4.53. The van der Waals surface area contributed by atoms with Crippen molar-refractivity contribution in [2.24, 2.45) is 0 Å². The zero-order valence-corrected chi connectivity index (χ0v) is 12.8. The molecule has 8 heteroatoms. The highest BCUT2D eigenvalue weighted by Gasteiger charge is 2.33. The van der Waals surface area contributed by atoms with Gasteiger partial charge >= 0.3 is 12.1 Å². The predicted octanol–water partition coefficient (Wildman–Crippen LogP) is 4.72. The lowest BCUT2D eigenvalue weighted by atomic mass is 10.2. The number of halogens is 5. The number of nitrogens with zero attached hydrogens (tertiary/aromatic N) is 1. The van der Waals surface area contributed by atoms with Gasteiger partial charge in [0.1, 0.15) is 5.69 Å². The van der Waals surface area contributed by atoms with E-state index in [1.165, 1.54) is 29.0 Å². The molecule has 0 bridgehead atoms. The van der Waals surface area contributed by atoms with Gasteiger partial charge in [0.2, 0.25) is 0 Å². The van der Waals surface area contributed by atoms with Crippen LogP contribution in [0, 0.1) is 0 Å². The van der Waals surface area contributed by atoms with E-state index in [-0.39, 0.29) is 15.9 Å². The van der Waals surface area contributed by atoms with Crippen molar-refractivity contribution in [3.8, 4) is 5.69 Å². The second kappa shape index (κ2) is 5.25. The zero-order valence-electron chi connectivity index (χ0n) is 9.58. The molecule has 0 aliphatic heterocycles. The number of hydrogen-bond acceptors (Lipinski definition) is 1. The SMILES string of the molecule is O=C(O)c1cc(Br)cn1-c1ccc(Br)c(C(F)(F)F)c1. The topological polar surface area (TPSA) is 42.2 Å². The van der Waals surface area contributed by atoms with E-state index in [9.17, 15) is 18.0 Å². The normalized spacial score (nSPS) is 11.7. The summed E-state index contributed by atoms with van der Waals surface area (Å²) < 4.78 is 40.1. The van der Waals surface area contributed by atoms with Crippen LogP contribution in [0.4, 0.5) is 13.2 Å². The standard InChI is InChI=1S/C12H6Br2F3NO2/c13-6-3-10(11(19)20)18(5-6)7-1-2-9(14)8(4-7)12(15,16)17/h1-5H,(H,19,20). The van der Waals surface area contributed by atoms with Gasteiger partial charge in [-0.25, -0.2) is 4.79 Å². The fourth-order valence-electron chi connectivity index (χ4n) is 1.69. The Hall–Kier alpha value is -1.28. The lowest BCUT2D eigenvalue weighted by Gasteiger charge is -2.12. The summed E-state index contributed by atoms with van der Waals surface area (Å²) in [5, 5.41) is 9.05. The molecule has 0 radical (unpaired) electrons. The monoisotopic (exact) mass is 411 g/mol. The van der Waals surface area contributed by atoms with Crippen molar-refractivity contribution in [1.82, 2.24) is 4.57 Å². The molecule has 0 aliphatic rings. The average Bonchev–Trinajstić information content (AvgIpc) is 2.70. The van der Waals surface area contributed by atoms with Gasteiger partial charge in [-0.05, 0) is 40.2 Å². The van der Waals surface area contributed by atoms with E-state index in [1.807, 2.05) is 0 Å². The first-order chi connectivity index (χ1) is 9.20. The lowest BCUT2D eigenvalue weighted by molar-refractivity contribution is -0.138. The highest BCUT2D eigenvalue weighted by Crippen LogP contribution is 2.36. The summed E-state index contributed by atoms with van der Waals surface area (Å²) in [5.74, 6) is -1.23. The van der Waals surface area contributed by atoms with Gasteiger partial charge in [-0.1, -0.05) is 15.9 Å². The number of aromatic nitrogens is 1. The molecule has 1 N–H and O–H groups in total. The molecule has 1 aromatic heterocycles. The average molecular weight is 413 g/mol. The van der Waals surface area contributed by atoms with E-state index < -0.39 is 17.7 Å². The van der Waals surface area contributed by atoms with Crippen LogP contribution in [-0.2, 0) is 6.18 Å². The van der Waals surface area contributed by atoms with Crippen LogP contribution in [0.1, 0.15) is 16.1 Å². The first-order valence-corrected chi connectivity index (χ1v) is 6.77. The van der Waals surface area contributed by atoms with Crippen LogP contribution in [0.3, 0.4) is 0 Å². The van der Waals surface area contributed by atoms with Gasteiger partial charge in [0.05, 0.1) is 5.56 Å². The van der Waals surface area contributed by atoms with Crippen LogP contribution >= 0.6 is 31.9 Å². The van der Waals surface area contributed by atoms with Crippen LogP contribution in [-0.4, -0.2) is 15.6 Å². The van der Waals surface area contributed by atoms with Crippen molar-refractivity contribution in [2.45, 2.75) is 6.18 Å². The maximum Gasteiger partial charge on any atom is 0.417 e. The Morgan fingerprint density at radius 2 is 1.85 bits per heavy atom.